The quantitative estimate of drug-likeness (QED) is 0.472. The molecule has 0 fully saturated rings. The number of anilines is 2. The molecule has 174 valence electrons. The predicted octanol–water partition coefficient (Wildman–Crippen LogP) is 5.53. The molecule has 3 rings (SSSR count). The van der Waals surface area contributed by atoms with Crippen molar-refractivity contribution in [1.82, 2.24) is 0 Å². The number of carbonyl (C=O) groups is 2. The lowest BCUT2D eigenvalue weighted by Gasteiger charge is -2.16. The zero-order valence-electron chi connectivity index (χ0n) is 19.1. The van der Waals surface area contributed by atoms with Gasteiger partial charge in [-0.15, -0.1) is 0 Å². The summed E-state index contributed by atoms with van der Waals surface area (Å²) in [4.78, 5) is 29.9. The average molecular weight is 468 g/mol. The molecular weight excluding hydrogens is 438 g/mol. The summed E-state index contributed by atoms with van der Waals surface area (Å²) in [5.41, 5.74) is 2.84. The van der Waals surface area contributed by atoms with Gasteiger partial charge in [0.05, 0.1) is 47.0 Å². The number of amides is 1. The van der Waals surface area contributed by atoms with Crippen LogP contribution in [0.4, 0.5) is 17.1 Å². The predicted molar refractivity (Wildman–Crippen MR) is 134 cm³/mol. The van der Waals surface area contributed by atoms with Gasteiger partial charge in [-0.3, -0.25) is 9.59 Å². The van der Waals surface area contributed by atoms with Crippen LogP contribution in [0.2, 0.25) is 0 Å². The van der Waals surface area contributed by atoms with Crippen molar-refractivity contribution in [3.8, 4) is 5.75 Å². The molecule has 0 aromatic heterocycles. The number of carbonyl (C=O) groups excluding carboxylic acids is 2. The lowest BCUT2D eigenvalue weighted by Crippen LogP contribution is -2.26. The van der Waals surface area contributed by atoms with Gasteiger partial charge in [0.2, 0.25) is 5.91 Å². The van der Waals surface area contributed by atoms with Crippen molar-refractivity contribution >= 4 is 45.7 Å². The van der Waals surface area contributed by atoms with Crippen molar-refractivity contribution in [3.63, 3.8) is 0 Å². The van der Waals surface area contributed by atoms with Gasteiger partial charge < -0.3 is 20.1 Å². The maximum absolute atomic E-state index is 13.1. The second-order valence-corrected chi connectivity index (χ2v) is 8.40. The van der Waals surface area contributed by atoms with Crippen LogP contribution in [0.5, 0.6) is 5.75 Å². The highest BCUT2D eigenvalue weighted by molar-refractivity contribution is 8.15. The standard InChI is InChI=1S/C25H29N3O4S/c1-4-22(25(30)28-20-13-9-10-14-21(20)31-5-2)33-23-15-17(16-24(29)32-6-3)26-18-11-7-8-12-19(18)27-23/h7-15,22,26H,4-6,16H2,1-3H3,(H,28,30)/t22-/m0/s1. The van der Waals surface area contributed by atoms with Gasteiger partial charge in [-0.05, 0) is 50.6 Å². The molecule has 2 aromatic carbocycles. The Bertz CT molecular complexity index is 1050. The van der Waals surface area contributed by atoms with Crippen LogP contribution in [-0.4, -0.2) is 35.4 Å². The van der Waals surface area contributed by atoms with Crippen molar-refractivity contribution in [3.05, 3.63) is 60.3 Å². The third-order valence-electron chi connectivity index (χ3n) is 4.74. The summed E-state index contributed by atoms with van der Waals surface area (Å²) in [6.07, 6.45) is 2.50. The van der Waals surface area contributed by atoms with E-state index >= 15 is 0 Å². The monoisotopic (exact) mass is 467 g/mol. The van der Waals surface area contributed by atoms with Gasteiger partial charge in [-0.2, -0.15) is 0 Å². The van der Waals surface area contributed by atoms with Crippen LogP contribution >= 0.6 is 11.8 Å². The molecule has 2 aromatic rings. The van der Waals surface area contributed by atoms with Gasteiger partial charge >= 0.3 is 5.97 Å². The molecule has 2 N–H and O–H groups in total. The highest BCUT2D eigenvalue weighted by Crippen LogP contribution is 2.33. The summed E-state index contributed by atoms with van der Waals surface area (Å²) in [5, 5.41) is 6.52. The number of esters is 1. The van der Waals surface area contributed by atoms with E-state index in [4.69, 9.17) is 14.5 Å². The fourth-order valence-corrected chi connectivity index (χ4v) is 4.23. The molecule has 1 atom stereocenters. The van der Waals surface area contributed by atoms with E-state index < -0.39 is 0 Å². The topological polar surface area (TPSA) is 89.0 Å². The number of benzene rings is 2. The van der Waals surface area contributed by atoms with Crippen LogP contribution in [0.15, 0.2) is 65.3 Å². The van der Waals surface area contributed by atoms with Crippen molar-refractivity contribution in [2.24, 2.45) is 4.99 Å². The molecule has 1 aliphatic rings. The van der Waals surface area contributed by atoms with Gasteiger partial charge in [0.1, 0.15) is 5.75 Å². The Morgan fingerprint density at radius 1 is 1.06 bits per heavy atom. The van der Waals surface area contributed by atoms with E-state index in [1.165, 1.54) is 11.8 Å². The van der Waals surface area contributed by atoms with Crippen LogP contribution < -0.4 is 15.4 Å². The SMILES string of the molecule is CCOC(=O)CC1=CC(S[C@@H](CC)C(=O)Nc2ccccc2OCC)=Nc2ccccc2N1. The largest absolute Gasteiger partial charge is 0.492 e. The molecule has 1 heterocycles. The van der Waals surface area contributed by atoms with E-state index in [1.807, 2.05) is 68.5 Å². The zero-order chi connectivity index (χ0) is 23.6. The summed E-state index contributed by atoms with van der Waals surface area (Å²) < 4.78 is 10.7. The smallest absolute Gasteiger partial charge is 0.311 e. The minimum atomic E-state index is -0.385. The van der Waals surface area contributed by atoms with Crippen molar-refractivity contribution < 1.29 is 19.1 Å². The van der Waals surface area contributed by atoms with Crippen LogP contribution in [0, 0.1) is 0 Å². The molecule has 0 aliphatic carbocycles. The fourth-order valence-electron chi connectivity index (χ4n) is 3.24. The van der Waals surface area contributed by atoms with E-state index in [0.29, 0.717) is 41.8 Å². The number of aliphatic imine (C=N–C) groups is 1. The van der Waals surface area contributed by atoms with Gasteiger partial charge in [0.25, 0.3) is 0 Å². The minimum absolute atomic E-state index is 0.0898. The highest BCUT2D eigenvalue weighted by Gasteiger charge is 2.23. The summed E-state index contributed by atoms with van der Waals surface area (Å²) in [6.45, 7) is 6.47. The lowest BCUT2D eigenvalue weighted by atomic mass is 10.2. The molecule has 33 heavy (non-hydrogen) atoms. The molecular formula is C25H29N3O4S. The zero-order valence-corrected chi connectivity index (χ0v) is 19.9. The van der Waals surface area contributed by atoms with E-state index in [1.54, 1.807) is 6.92 Å². The maximum Gasteiger partial charge on any atom is 0.311 e. The fraction of sp³-hybridized carbons (Fsp3) is 0.320. The Labute approximate surface area is 198 Å². The highest BCUT2D eigenvalue weighted by atomic mass is 32.2. The maximum atomic E-state index is 13.1. The normalized spacial score (nSPS) is 13.4. The third-order valence-corrected chi connectivity index (χ3v) is 6.02. The van der Waals surface area contributed by atoms with Crippen LogP contribution in [0.3, 0.4) is 0 Å². The summed E-state index contributed by atoms with van der Waals surface area (Å²) in [5.74, 6) is 0.176. The van der Waals surface area contributed by atoms with Gasteiger partial charge in [-0.1, -0.05) is 43.0 Å². The molecule has 1 aliphatic heterocycles. The van der Waals surface area contributed by atoms with Crippen molar-refractivity contribution in [2.75, 3.05) is 23.8 Å². The van der Waals surface area contributed by atoms with Crippen molar-refractivity contribution in [2.45, 2.75) is 38.9 Å². The number of nitrogens with one attached hydrogen (secondary N) is 2. The van der Waals surface area contributed by atoms with E-state index in [2.05, 4.69) is 10.6 Å². The second-order valence-electron chi connectivity index (χ2n) is 7.18. The molecule has 8 heteroatoms. The van der Waals surface area contributed by atoms with Crippen molar-refractivity contribution in [1.29, 1.82) is 0 Å². The number of fused-ring (bicyclic) bond motifs is 1. The Morgan fingerprint density at radius 2 is 1.82 bits per heavy atom. The first kappa shape index (κ1) is 24.4. The molecule has 0 unspecified atom stereocenters. The summed E-state index contributed by atoms with van der Waals surface area (Å²) in [7, 11) is 0. The van der Waals surface area contributed by atoms with Crippen LogP contribution in [0.25, 0.3) is 0 Å². The lowest BCUT2D eigenvalue weighted by molar-refractivity contribution is -0.142. The Morgan fingerprint density at radius 3 is 2.58 bits per heavy atom. The van der Waals surface area contributed by atoms with Gasteiger partial charge in [0, 0.05) is 5.70 Å². The second kappa shape index (κ2) is 12.1. The van der Waals surface area contributed by atoms with E-state index in [9.17, 15) is 9.59 Å². The molecule has 0 bridgehead atoms. The first-order valence-electron chi connectivity index (χ1n) is 11.0. The number of para-hydroxylation sites is 4. The van der Waals surface area contributed by atoms with E-state index in [0.717, 1.165) is 11.4 Å². The van der Waals surface area contributed by atoms with Gasteiger partial charge in [-0.25, -0.2) is 4.99 Å². The molecule has 1 amide bonds. The first-order chi connectivity index (χ1) is 16.0. The molecule has 0 radical (unpaired) electrons. The van der Waals surface area contributed by atoms with E-state index in [-0.39, 0.29) is 23.5 Å². The van der Waals surface area contributed by atoms with Gasteiger partial charge in [0.15, 0.2) is 0 Å². The number of hydrogen-bond acceptors (Lipinski definition) is 7. The molecule has 7 nitrogen and oxygen atoms in total. The third kappa shape index (κ3) is 6.86. The summed E-state index contributed by atoms with van der Waals surface area (Å²) in [6, 6.07) is 15.0. The molecule has 0 saturated heterocycles. The molecule has 0 spiro atoms. The molecule has 0 saturated carbocycles. The number of nitrogens with zero attached hydrogens (tertiary/aromatic N) is 1. The summed E-state index contributed by atoms with van der Waals surface area (Å²) >= 11 is 1.36. The van der Waals surface area contributed by atoms with Crippen LogP contribution in [-0.2, 0) is 14.3 Å². The number of ether oxygens (including phenoxy) is 2. The first-order valence-corrected chi connectivity index (χ1v) is 11.9. The van der Waals surface area contributed by atoms with Crippen LogP contribution in [0.1, 0.15) is 33.6 Å². The number of thioether (sulfide) groups is 1. The number of hydrogen-bond donors (Lipinski definition) is 2. The Balaban J connectivity index is 1.82. The Hall–Kier alpha value is -3.26. The minimum Gasteiger partial charge on any atom is -0.492 e. The number of rotatable bonds is 9. The Kier molecular flexibility index (Phi) is 8.95. The average Bonchev–Trinajstić information content (AvgIpc) is 2.97.